The van der Waals surface area contributed by atoms with Gasteiger partial charge >= 0.3 is 6.18 Å². The van der Waals surface area contributed by atoms with E-state index in [0.717, 1.165) is 17.7 Å². The molecule has 4 rings (SSSR count). The van der Waals surface area contributed by atoms with E-state index in [1.807, 2.05) is 12.1 Å². The van der Waals surface area contributed by atoms with Gasteiger partial charge in [-0.15, -0.1) is 0 Å². The van der Waals surface area contributed by atoms with Crippen LogP contribution in [-0.4, -0.2) is 24.5 Å². The Morgan fingerprint density at radius 3 is 2.52 bits per heavy atom. The first kappa shape index (κ1) is 19.1. The zero-order chi connectivity index (χ0) is 20.4. The zero-order valence-corrected chi connectivity index (χ0v) is 15.6. The van der Waals surface area contributed by atoms with Crippen LogP contribution in [0.25, 0.3) is 11.2 Å². The van der Waals surface area contributed by atoms with Crippen molar-refractivity contribution in [1.29, 1.82) is 0 Å². The van der Waals surface area contributed by atoms with E-state index in [2.05, 4.69) is 25.3 Å². The van der Waals surface area contributed by atoms with Gasteiger partial charge in [-0.1, -0.05) is 18.2 Å². The van der Waals surface area contributed by atoms with Gasteiger partial charge in [-0.25, -0.2) is 4.98 Å². The lowest BCUT2D eigenvalue weighted by Gasteiger charge is -2.09. The lowest BCUT2D eigenvalue weighted by atomic mass is 10.1. The Morgan fingerprint density at radius 2 is 1.83 bits per heavy atom. The number of imidazole rings is 1. The van der Waals surface area contributed by atoms with Gasteiger partial charge in [-0.2, -0.15) is 23.1 Å². The topological polar surface area (TPSA) is 68.5 Å². The second kappa shape index (κ2) is 7.67. The van der Waals surface area contributed by atoms with Crippen molar-refractivity contribution in [2.45, 2.75) is 19.3 Å². The van der Waals surface area contributed by atoms with Crippen molar-refractivity contribution in [3.8, 4) is 0 Å². The molecule has 29 heavy (non-hydrogen) atoms. The van der Waals surface area contributed by atoms with Gasteiger partial charge in [0.05, 0.1) is 18.4 Å². The average molecular weight is 419 g/mol. The summed E-state index contributed by atoms with van der Waals surface area (Å²) in [5, 5.41) is 3.21. The smallest absolute Gasteiger partial charge is 0.364 e. The summed E-state index contributed by atoms with van der Waals surface area (Å²) in [7, 11) is 0. The Morgan fingerprint density at radius 1 is 1.03 bits per heavy atom. The number of benzene rings is 1. The first-order valence-electron chi connectivity index (χ1n) is 8.57. The summed E-state index contributed by atoms with van der Waals surface area (Å²) in [5.74, 6) is 0.468. The standard InChI is InChI=1S/C19H14ClF3N6/c20-18-27-16(25-9-13-2-1-7-24-8-13)15-17(28-18)29(11-26-15)10-12-3-5-14(6-4-12)19(21,22)23/h1-8,11H,9-10H2,(H,25,27,28). The number of rotatable bonds is 5. The van der Waals surface area contributed by atoms with Crippen molar-refractivity contribution in [3.05, 3.63) is 77.1 Å². The highest BCUT2D eigenvalue weighted by atomic mass is 35.5. The minimum absolute atomic E-state index is 0.0420. The van der Waals surface area contributed by atoms with Crippen LogP contribution in [0.4, 0.5) is 19.0 Å². The van der Waals surface area contributed by atoms with Crippen molar-refractivity contribution >= 4 is 28.6 Å². The normalized spacial score (nSPS) is 11.7. The van der Waals surface area contributed by atoms with Gasteiger partial charge in [0.1, 0.15) is 0 Å². The molecule has 0 aliphatic rings. The van der Waals surface area contributed by atoms with Crippen LogP contribution in [0.2, 0.25) is 5.28 Å². The molecule has 0 fully saturated rings. The van der Waals surface area contributed by atoms with Crippen LogP contribution in [-0.2, 0) is 19.3 Å². The molecule has 0 bridgehead atoms. The third-order valence-corrected chi connectivity index (χ3v) is 4.42. The number of alkyl halides is 3. The first-order valence-corrected chi connectivity index (χ1v) is 8.95. The molecule has 0 atom stereocenters. The number of fused-ring (bicyclic) bond motifs is 1. The summed E-state index contributed by atoms with van der Waals surface area (Å²) in [4.78, 5) is 16.8. The molecule has 0 saturated carbocycles. The molecule has 0 unspecified atom stereocenters. The molecular weight excluding hydrogens is 405 g/mol. The number of hydrogen-bond acceptors (Lipinski definition) is 5. The van der Waals surface area contributed by atoms with E-state index in [1.54, 1.807) is 23.3 Å². The van der Waals surface area contributed by atoms with Gasteiger partial charge < -0.3 is 9.88 Å². The quantitative estimate of drug-likeness (QED) is 0.481. The van der Waals surface area contributed by atoms with Crippen LogP contribution in [0.1, 0.15) is 16.7 Å². The average Bonchev–Trinajstić information content (AvgIpc) is 3.09. The minimum Gasteiger partial charge on any atom is -0.364 e. The summed E-state index contributed by atoms with van der Waals surface area (Å²) in [6, 6.07) is 8.72. The Labute approximate surface area is 168 Å². The minimum atomic E-state index is -4.37. The Balaban J connectivity index is 1.59. The van der Waals surface area contributed by atoms with Crippen molar-refractivity contribution in [3.63, 3.8) is 0 Å². The second-order valence-corrected chi connectivity index (χ2v) is 6.63. The summed E-state index contributed by atoms with van der Waals surface area (Å²) in [5.41, 5.74) is 1.95. The fraction of sp³-hybridized carbons (Fsp3) is 0.158. The molecule has 0 saturated heterocycles. The Bertz CT molecular complexity index is 1130. The van der Waals surface area contributed by atoms with E-state index >= 15 is 0 Å². The van der Waals surface area contributed by atoms with Gasteiger partial charge in [0.25, 0.3) is 0 Å². The maximum atomic E-state index is 12.7. The van der Waals surface area contributed by atoms with Crippen LogP contribution in [0.15, 0.2) is 55.1 Å². The molecule has 0 radical (unpaired) electrons. The molecule has 0 aliphatic heterocycles. The van der Waals surface area contributed by atoms with Gasteiger partial charge in [0.2, 0.25) is 5.28 Å². The largest absolute Gasteiger partial charge is 0.416 e. The number of pyridine rings is 1. The summed E-state index contributed by atoms with van der Waals surface area (Å²) >= 11 is 6.07. The van der Waals surface area contributed by atoms with E-state index in [0.29, 0.717) is 35.6 Å². The van der Waals surface area contributed by atoms with E-state index < -0.39 is 11.7 Å². The highest BCUT2D eigenvalue weighted by Crippen LogP contribution is 2.29. The van der Waals surface area contributed by atoms with Crippen LogP contribution in [0.5, 0.6) is 0 Å². The van der Waals surface area contributed by atoms with Gasteiger partial charge in [-0.05, 0) is 40.9 Å². The number of hydrogen-bond donors (Lipinski definition) is 1. The third-order valence-electron chi connectivity index (χ3n) is 4.25. The third kappa shape index (κ3) is 4.29. The van der Waals surface area contributed by atoms with Gasteiger partial charge in [-0.3, -0.25) is 4.98 Å². The molecule has 10 heteroatoms. The molecular formula is C19H14ClF3N6. The molecule has 1 aromatic carbocycles. The lowest BCUT2D eigenvalue weighted by Crippen LogP contribution is -2.06. The van der Waals surface area contributed by atoms with Crippen LogP contribution < -0.4 is 5.32 Å². The fourth-order valence-electron chi connectivity index (χ4n) is 2.84. The summed E-state index contributed by atoms with van der Waals surface area (Å²) < 4.78 is 39.9. The van der Waals surface area contributed by atoms with E-state index in [-0.39, 0.29) is 5.28 Å². The maximum absolute atomic E-state index is 12.7. The van der Waals surface area contributed by atoms with E-state index in [1.165, 1.54) is 12.1 Å². The molecule has 6 nitrogen and oxygen atoms in total. The Kier molecular flexibility index (Phi) is 5.06. The monoisotopic (exact) mass is 418 g/mol. The van der Waals surface area contributed by atoms with Crippen molar-refractivity contribution in [2.24, 2.45) is 0 Å². The molecule has 1 N–H and O–H groups in total. The van der Waals surface area contributed by atoms with Crippen molar-refractivity contribution in [2.75, 3.05) is 5.32 Å². The Hall–Kier alpha value is -3.20. The maximum Gasteiger partial charge on any atom is 0.416 e. The van der Waals surface area contributed by atoms with Crippen LogP contribution in [0, 0.1) is 0 Å². The number of halogens is 4. The highest BCUT2D eigenvalue weighted by Gasteiger charge is 2.29. The lowest BCUT2D eigenvalue weighted by molar-refractivity contribution is -0.137. The van der Waals surface area contributed by atoms with Gasteiger partial charge in [0, 0.05) is 18.9 Å². The molecule has 148 valence electrons. The molecule has 3 aromatic heterocycles. The van der Waals surface area contributed by atoms with Crippen molar-refractivity contribution < 1.29 is 13.2 Å². The second-order valence-electron chi connectivity index (χ2n) is 6.30. The number of anilines is 1. The fourth-order valence-corrected chi connectivity index (χ4v) is 3.01. The SMILES string of the molecule is FC(F)(F)c1ccc(Cn2cnc3c(NCc4cccnc4)nc(Cl)nc32)cc1. The molecule has 0 amide bonds. The van der Waals surface area contributed by atoms with E-state index in [9.17, 15) is 13.2 Å². The van der Waals surface area contributed by atoms with Crippen molar-refractivity contribution in [1.82, 2.24) is 24.5 Å². The molecule has 0 spiro atoms. The first-order chi connectivity index (χ1) is 13.9. The number of nitrogens with zero attached hydrogens (tertiary/aromatic N) is 5. The van der Waals surface area contributed by atoms with E-state index in [4.69, 9.17) is 11.6 Å². The predicted octanol–water partition coefficient (Wildman–Crippen LogP) is 4.55. The molecule has 3 heterocycles. The zero-order valence-electron chi connectivity index (χ0n) is 14.9. The highest BCUT2D eigenvalue weighted by molar-refractivity contribution is 6.28. The number of aromatic nitrogens is 5. The van der Waals surface area contributed by atoms with Crippen LogP contribution in [0.3, 0.4) is 0 Å². The molecule has 4 aromatic rings. The number of nitrogens with one attached hydrogen (secondary N) is 1. The predicted molar refractivity (Wildman–Crippen MR) is 102 cm³/mol. The summed E-state index contributed by atoms with van der Waals surface area (Å²) in [6.07, 6.45) is 0.612. The summed E-state index contributed by atoms with van der Waals surface area (Å²) in [6.45, 7) is 0.770. The molecule has 0 aliphatic carbocycles. The van der Waals surface area contributed by atoms with Crippen LogP contribution >= 0.6 is 11.6 Å². The van der Waals surface area contributed by atoms with Gasteiger partial charge in [0.15, 0.2) is 17.0 Å².